The standard InChI is InChI=1S/C21H21ClFN3O2/c22-15-10-11-17(20(27)25-16-7-2-1-3-8-16)18(12-15)21(28)26-24-13-14-6-4-5-9-19(14)23/h4-6,9-13,16H,1-3,7-8H2,(H,25,27)(H,26,28)/b24-13+. The van der Waals surface area contributed by atoms with E-state index in [1.807, 2.05) is 0 Å². The summed E-state index contributed by atoms with van der Waals surface area (Å²) in [4.78, 5) is 25.2. The zero-order valence-electron chi connectivity index (χ0n) is 15.3. The van der Waals surface area contributed by atoms with Gasteiger partial charge in [-0.05, 0) is 37.1 Å². The molecule has 146 valence electrons. The van der Waals surface area contributed by atoms with Crippen molar-refractivity contribution in [1.82, 2.24) is 10.7 Å². The molecule has 7 heteroatoms. The average molecular weight is 402 g/mol. The Morgan fingerprint density at radius 3 is 2.54 bits per heavy atom. The molecule has 0 atom stereocenters. The van der Waals surface area contributed by atoms with E-state index in [9.17, 15) is 14.0 Å². The van der Waals surface area contributed by atoms with Gasteiger partial charge in [0.25, 0.3) is 11.8 Å². The highest BCUT2D eigenvalue weighted by Crippen LogP contribution is 2.20. The van der Waals surface area contributed by atoms with Gasteiger partial charge >= 0.3 is 0 Å². The van der Waals surface area contributed by atoms with Crippen LogP contribution in [0.4, 0.5) is 4.39 Å². The van der Waals surface area contributed by atoms with E-state index in [0.717, 1.165) is 25.7 Å². The van der Waals surface area contributed by atoms with Crippen LogP contribution in [-0.2, 0) is 0 Å². The second kappa shape index (κ2) is 9.46. The number of nitrogens with zero attached hydrogens (tertiary/aromatic N) is 1. The molecule has 2 aromatic rings. The molecule has 1 saturated carbocycles. The fraction of sp³-hybridized carbons (Fsp3) is 0.286. The minimum absolute atomic E-state index is 0.117. The largest absolute Gasteiger partial charge is 0.349 e. The van der Waals surface area contributed by atoms with Crippen molar-refractivity contribution in [3.05, 3.63) is 70.0 Å². The van der Waals surface area contributed by atoms with E-state index < -0.39 is 11.7 Å². The zero-order valence-corrected chi connectivity index (χ0v) is 16.0. The van der Waals surface area contributed by atoms with E-state index >= 15 is 0 Å². The van der Waals surface area contributed by atoms with Crippen LogP contribution in [0.15, 0.2) is 47.6 Å². The Balaban J connectivity index is 1.73. The highest BCUT2D eigenvalue weighted by atomic mass is 35.5. The summed E-state index contributed by atoms with van der Waals surface area (Å²) in [5, 5.41) is 7.11. The lowest BCUT2D eigenvalue weighted by Crippen LogP contribution is -2.37. The molecule has 0 unspecified atom stereocenters. The monoisotopic (exact) mass is 401 g/mol. The molecule has 2 amide bonds. The molecule has 1 aliphatic carbocycles. The van der Waals surface area contributed by atoms with E-state index in [-0.39, 0.29) is 28.6 Å². The Bertz CT molecular complexity index is 895. The first-order valence-electron chi connectivity index (χ1n) is 9.23. The van der Waals surface area contributed by atoms with Crippen molar-refractivity contribution >= 4 is 29.6 Å². The molecule has 0 saturated heterocycles. The number of benzene rings is 2. The van der Waals surface area contributed by atoms with Crippen LogP contribution in [0.5, 0.6) is 0 Å². The van der Waals surface area contributed by atoms with E-state index in [1.54, 1.807) is 18.2 Å². The Morgan fingerprint density at radius 2 is 1.79 bits per heavy atom. The van der Waals surface area contributed by atoms with Crippen molar-refractivity contribution in [3.8, 4) is 0 Å². The predicted molar refractivity (Wildman–Crippen MR) is 107 cm³/mol. The Hall–Kier alpha value is -2.73. The molecule has 0 radical (unpaired) electrons. The molecule has 2 N–H and O–H groups in total. The SMILES string of the molecule is O=C(N/N=C/c1ccccc1F)c1cc(Cl)ccc1C(=O)NC1CCCCC1. The number of nitrogens with one attached hydrogen (secondary N) is 2. The fourth-order valence-corrected chi connectivity index (χ4v) is 3.38. The smallest absolute Gasteiger partial charge is 0.272 e. The first-order valence-corrected chi connectivity index (χ1v) is 9.61. The summed E-state index contributed by atoms with van der Waals surface area (Å²) in [5.74, 6) is -1.36. The van der Waals surface area contributed by atoms with Crippen LogP contribution in [0, 0.1) is 5.82 Å². The summed E-state index contributed by atoms with van der Waals surface area (Å²) < 4.78 is 13.6. The van der Waals surface area contributed by atoms with Gasteiger partial charge < -0.3 is 5.32 Å². The van der Waals surface area contributed by atoms with E-state index in [1.165, 1.54) is 36.9 Å². The summed E-state index contributed by atoms with van der Waals surface area (Å²) in [6.45, 7) is 0. The maximum Gasteiger partial charge on any atom is 0.272 e. The number of carbonyl (C=O) groups excluding carboxylic acids is 2. The molecule has 28 heavy (non-hydrogen) atoms. The second-order valence-corrected chi connectivity index (χ2v) is 7.16. The number of carbonyl (C=O) groups is 2. The lowest BCUT2D eigenvalue weighted by Gasteiger charge is -2.23. The van der Waals surface area contributed by atoms with Crippen molar-refractivity contribution in [2.45, 2.75) is 38.1 Å². The lowest BCUT2D eigenvalue weighted by molar-refractivity contribution is 0.0904. The van der Waals surface area contributed by atoms with Gasteiger partial charge in [0.2, 0.25) is 0 Å². The number of hydrogen-bond donors (Lipinski definition) is 2. The van der Waals surface area contributed by atoms with Crippen LogP contribution in [-0.4, -0.2) is 24.1 Å². The van der Waals surface area contributed by atoms with Gasteiger partial charge in [0.1, 0.15) is 5.82 Å². The minimum Gasteiger partial charge on any atom is -0.349 e. The average Bonchev–Trinajstić information content (AvgIpc) is 2.70. The van der Waals surface area contributed by atoms with Crippen molar-refractivity contribution in [1.29, 1.82) is 0 Å². The first-order chi connectivity index (χ1) is 13.5. The predicted octanol–water partition coefficient (Wildman–Crippen LogP) is 4.31. The van der Waals surface area contributed by atoms with Crippen LogP contribution < -0.4 is 10.7 Å². The molecule has 0 aromatic heterocycles. The lowest BCUT2D eigenvalue weighted by atomic mass is 9.95. The molecule has 1 aliphatic rings. The third kappa shape index (κ3) is 5.16. The molecule has 0 spiro atoms. The van der Waals surface area contributed by atoms with Gasteiger partial charge in [0, 0.05) is 16.6 Å². The van der Waals surface area contributed by atoms with Crippen LogP contribution in [0.3, 0.4) is 0 Å². The topological polar surface area (TPSA) is 70.6 Å². The summed E-state index contributed by atoms with van der Waals surface area (Å²) in [7, 11) is 0. The number of hydrogen-bond acceptors (Lipinski definition) is 3. The Kier molecular flexibility index (Phi) is 6.76. The van der Waals surface area contributed by atoms with Gasteiger partial charge in [-0.2, -0.15) is 5.10 Å². The van der Waals surface area contributed by atoms with Gasteiger partial charge in [-0.15, -0.1) is 0 Å². The van der Waals surface area contributed by atoms with Gasteiger partial charge in [-0.3, -0.25) is 9.59 Å². The maximum absolute atomic E-state index is 13.6. The maximum atomic E-state index is 13.6. The summed E-state index contributed by atoms with van der Waals surface area (Å²) in [5.41, 5.74) is 2.91. The summed E-state index contributed by atoms with van der Waals surface area (Å²) in [6, 6.07) is 10.7. The Morgan fingerprint density at radius 1 is 1.04 bits per heavy atom. The molecular formula is C21H21ClFN3O2. The third-order valence-electron chi connectivity index (χ3n) is 4.69. The molecular weight excluding hydrogens is 381 g/mol. The molecule has 5 nitrogen and oxygen atoms in total. The van der Waals surface area contributed by atoms with Gasteiger partial charge in [-0.25, -0.2) is 9.82 Å². The number of halogens is 2. The molecule has 2 aromatic carbocycles. The highest BCUT2D eigenvalue weighted by Gasteiger charge is 2.21. The molecule has 0 bridgehead atoms. The molecule has 3 rings (SSSR count). The molecule has 0 aliphatic heterocycles. The number of rotatable bonds is 5. The first kappa shape index (κ1) is 20.0. The number of amides is 2. The van der Waals surface area contributed by atoms with Crippen LogP contribution in [0.25, 0.3) is 0 Å². The van der Waals surface area contributed by atoms with Crippen molar-refractivity contribution in [3.63, 3.8) is 0 Å². The van der Waals surface area contributed by atoms with Crippen LogP contribution in [0.2, 0.25) is 5.02 Å². The quantitative estimate of drug-likeness (QED) is 0.579. The summed E-state index contributed by atoms with van der Waals surface area (Å²) in [6.07, 6.45) is 6.44. The fourth-order valence-electron chi connectivity index (χ4n) is 3.21. The number of hydrazone groups is 1. The highest BCUT2D eigenvalue weighted by molar-refractivity contribution is 6.31. The van der Waals surface area contributed by atoms with Gasteiger partial charge in [-0.1, -0.05) is 49.1 Å². The van der Waals surface area contributed by atoms with Crippen LogP contribution in [0.1, 0.15) is 58.4 Å². The zero-order chi connectivity index (χ0) is 19.9. The van der Waals surface area contributed by atoms with Gasteiger partial charge in [0.05, 0.1) is 17.3 Å². The van der Waals surface area contributed by atoms with Crippen molar-refractivity contribution in [2.24, 2.45) is 5.10 Å². The van der Waals surface area contributed by atoms with E-state index in [0.29, 0.717) is 5.02 Å². The van der Waals surface area contributed by atoms with Crippen LogP contribution >= 0.6 is 11.6 Å². The Labute approximate surface area is 168 Å². The third-order valence-corrected chi connectivity index (χ3v) is 4.92. The molecule has 0 heterocycles. The summed E-state index contributed by atoms with van der Waals surface area (Å²) >= 11 is 6.01. The van der Waals surface area contributed by atoms with Crippen molar-refractivity contribution in [2.75, 3.05) is 0 Å². The molecule has 1 fully saturated rings. The second-order valence-electron chi connectivity index (χ2n) is 6.72. The van der Waals surface area contributed by atoms with Crippen molar-refractivity contribution < 1.29 is 14.0 Å². The van der Waals surface area contributed by atoms with Gasteiger partial charge in [0.15, 0.2) is 0 Å². The van der Waals surface area contributed by atoms with E-state index in [4.69, 9.17) is 11.6 Å². The minimum atomic E-state index is -0.594. The normalized spacial score (nSPS) is 14.8. The van der Waals surface area contributed by atoms with E-state index in [2.05, 4.69) is 15.8 Å².